The van der Waals surface area contributed by atoms with Crippen LogP contribution in [0.4, 0.5) is 0 Å². The highest BCUT2D eigenvalue weighted by molar-refractivity contribution is 6.46. The largest absolute Gasteiger partial charge is 0.507 e. The summed E-state index contributed by atoms with van der Waals surface area (Å²) in [5, 5.41) is 11.5. The minimum atomic E-state index is -0.850. The van der Waals surface area contributed by atoms with Crippen molar-refractivity contribution in [3.8, 4) is 17.2 Å². The zero-order chi connectivity index (χ0) is 27.8. The van der Waals surface area contributed by atoms with Crippen LogP contribution in [0, 0.1) is 0 Å². The standard InChI is InChI=1S/C31H34N2O6/c1-4-6-17-39-25-11-10-22(19-26(25)37-3)28-27(29(34)23-8-7-9-24(18-23)38-16-5-2)30(35)31(36)33(28)20-21-12-14-32-15-13-21/h7-15,18-19,28,34H,4-6,16-17,20H2,1-3H3. The Morgan fingerprint density at radius 2 is 1.74 bits per heavy atom. The van der Waals surface area contributed by atoms with Crippen LogP contribution in [0.2, 0.25) is 0 Å². The van der Waals surface area contributed by atoms with Crippen LogP contribution in [0.3, 0.4) is 0 Å². The van der Waals surface area contributed by atoms with Crippen molar-refractivity contribution < 1.29 is 28.9 Å². The molecule has 3 aromatic rings. The van der Waals surface area contributed by atoms with Crippen LogP contribution >= 0.6 is 0 Å². The Kier molecular flexibility index (Phi) is 9.20. The molecule has 1 saturated heterocycles. The van der Waals surface area contributed by atoms with E-state index < -0.39 is 17.7 Å². The predicted octanol–water partition coefficient (Wildman–Crippen LogP) is 5.68. The normalized spacial score (nSPS) is 16.4. The molecule has 1 fully saturated rings. The molecule has 4 rings (SSSR count). The number of carbonyl (C=O) groups excluding carboxylic acids is 2. The van der Waals surface area contributed by atoms with Gasteiger partial charge < -0.3 is 24.2 Å². The van der Waals surface area contributed by atoms with Crippen molar-refractivity contribution in [2.24, 2.45) is 0 Å². The molecule has 0 bridgehead atoms. The molecular weight excluding hydrogens is 496 g/mol. The van der Waals surface area contributed by atoms with Gasteiger partial charge in [-0.15, -0.1) is 0 Å². The van der Waals surface area contributed by atoms with Crippen molar-refractivity contribution in [1.29, 1.82) is 0 Å². The van der Waals surface area contributed by atoms with Crippen LogP contribution in [0.5, 0.6) is 17.2 Å². The fraction of sp³-hybridized carbons (Fsp3) is 0.323. The van der Waals surface area contributed by atoms with Gasteiger partial charge in [0, 0.05) is 24.5 Å². The van der Waals surface area contributed by atoms with E-state index in [2.05, 4.69) is 11.9 Å². The average molecular weight is 531 g/mol. The number of likely N-dealkylation sites (tertiary alicyclic amines) is 1. The summed E-state index contributed by atoms with van der Waals surface area (Å²) >= 11 is 0. The highest BCUT2D eigenvalue weighted by Gasteiger charge is 2.46. The second kappa shape index (κ2) is 13.0. The molecule has 1 aliphatic rings. The van der Waals surface area contributed by atoms with Crippen molar-refractivity contribution in [2.45, 2.75) is 45.7 Å². The van der Waals surface area contributed by atoms with Crippen LogP contribution in [-0.2, 0) is 16.1 Å². The lowest BCUT2D eigenvalue weighted by molar-refractivity contribution is -0.140. The van der Waals surface area contributed by atoms with Crippen molar-refractivity contribution in [3.63, 3.8) is 0 Å². The summed E-state index contributed by atoms with van der Waals surface area (Å²) in [4.78, 5) is 32.3. The maximum atomic E-state index is 13.4. The van der Waals surface area contributed by atoms with Gasteiger partial charge in [-0.25, -0.2) is 0 Å². The summed E-state index contributed by atoms with van der Waals surface area (Å²) in [6.45, 7) is 5.31. The van der Waals surface area contributed by atoms with Crippen molar-refractivity contribution >= 4 is 17.4 Å². The van der Waals surface area contributed by atoms with Gasteiger partial charge in [-0.2, -0.15) is 0 Å². The first-order chi connectivity index (χ1) is 19.0. The van der Waals surface area contributed by atoms with Crippen molar-refractivity contribution in [1.82, 2.24) is 9.88 Å². The van der Waals surface area contributed by atoms with Gasteiger partial charge >= 0.3 is 0 Å². The Morgan fingerprint density at radius 1 is 0.949 bits per heavy atom. The predicted molar refractivity (Wildman–Crippen MR) is 148 cm³/mol. The summed E-state index contributed by atoms with van der Waals surface area (Å²) < 4.78 is 17.2. The number of methoxy groups -OCH3 is 1. The number of aromatic nitrogens is 1. The SMILES string of the molecule is CCCCOc1ccc(C2C(=C(O)c3cccc(OCCC)c3)C(=O)C(=O)N2Cc2ccncc2)cc1OC. The molecule has 0 saturated carbocycles. The van der Waals surface area contributed by atoms with E-state index in [1.54, 1.807) is 74.1 Å². The molecule has 1 N–H and O–H groups in total. The molecule has 39 heavy (non-hydrogen) atoms. The monoisotopic (exact) mass is 530 g/mol. The maximum absolute atomic E-state index is 13.4. The van der Waals surface area contributed by atoms with E-state index in [1.807, 2.05) is 6.92 Å². The number of amides is 1. The molecule has 204 valence electrons. The molecule has 8 nitrogen and oxygen atoms in total. The third kappa shape index (κ3) is 6.22. The molecule has 1 aliphatic heterocycles. The number of nitrogens with zero attached hydrogens (tertiary/aromatic N) is 2. The van der Waals surface area contributed by atoms with Gasteiger partial charge in [-0.3, -0.25) is 14.6 Å². The van der Waals surface area contributed by atoms with Gasteiger partial charge in [0.15, 0.2) is 11.5 Å². The first-order valence-electron chi connectivity index (χ1n) is 13.2. The number of ether oxygens (including phenoxy) is 3. The van der Waals surface area contributed by atoms with E-state index in [9.17, 15) is 14.7 Å². The minimum absolute atomic E-state index is 0.00315. The lowest BCUT2D eigenvalue weighted by atomic mass is 9.94. The molecule has 1 atom stereocenters. The van der Waals surface area contributed by atoms with Gasteiger partial charge in [0.05, 0.1) is 31.9 Å². The molecule has 1 amide bonds. The van der Waals surface area contributed by atoms with E-state index in [1.165, 1.54) is 4.90 Å². The maximum Gasteiger partial charge on any atom is 0.295 e. The minimum Gasteiger partial charge on any atom is -0.507 e. The van der Waals surface area contributed by atoms with Crippen molar-refractivity contribution in [2.75, 3.05) is 20.3 Å². The van der Waals surface area contributed by atoms with Crippen LogP contribution in [-0.4, -0.2) is 47.0 Å². The first kappa shape index (κ1) is 27.7. The van der Waals surface area contributed by atoms with E-state index >= 15 is 0 Å². The lowest BCUT2D eigenvalue weighted by Gasteiger charge is -2.26. The molecular formula is C31H34N2O6. The summed E-state index contributed by atoms with van der Waals surface area (Å²) in [5.41, 5.74) is 1.81. The zero-order valence-corrected chi connectivity index (χ0v) is 22.6. The van der Waals surface area contributed by atoms with Gasteiger partial charge in [0.2, 0.25) is 0 Å². The molecule has 1 unspecified atom stereocenters. The number of aliphatic hydroxyl groups is 1. The van der Waals surface area contributed by atoms with E-state index in [4.69, 9.17) is 14.2 Å². The zero-order valence-electron chi connectivity index (χ0n) is 22.6. The second-order valence-corrected chi connectivity index (χ2v) is 9.27. The Hall–Kier alpha value is -4.33. The van der Waals surface area contributed by atoms with Gasteiger partial charge in [0.1, 0.15) is 11.5 Å². The molecule has 8 heteroatoms. The highest BCUT2D eigenvalue weighted by atomic mass is 16.5. The fourth-order valence-electron chi connectivity index (χ4n) is 4.48. The van der Waals surface area contributed by atoms with E-state index in [0.717, 1.165) is 24.8 Å². The highest BCUT2D eigenvalue weighted by Crippen LogP contribution is 2.43. The Bertz CT molecular complexity index is 1340. The van der Waals surface area contributed by atoms with Crippen molar-refractivity contribution in [3.05, 3.63) is 89.3 Å². The summed E-state index contributed by atoms with van der Waals surface area (Å²) in [5.74, 6) is -0.0965. The molecule has 2 aromatic carbocycles. The van der Waals surface area contributed by atoms with Crippen LogP contribution in [0.1, 0.15) is 55.8 Å². The Morgan fingerprint density at radius 3 is 2.46 bits per heavy atom. The third-order valence-corrected chi connectivity index (χ3v) is 6.48. The van der Waals surface area contributed by atoms with Gasteiger partial charge in [0.25, 0.3) is 11.7 Å². The second-order valence-electron chi connectivity index (χ2n) is 9.27. The van der Waals surface area contributed by atoms with Gasteiger partial charge in [-0.1, -0.05) is 38.5 Å². The van der Waals surface area contributed by atoms with Crippen LogP contribution in [0.15, 0.2) is 72.6 Å². The average Bonchev–Trinajstić information content (AvgIpc) is 3.21. The smallest absolute Gasteiger partial charge is 0.295 e. The topological polar surface area (TPSA) is 98.2 Å². The number of rotatable bonds is 12. The molecule has 0 spiro atoms. The number of carbonyl (C=O) groups is 2. The molecule has 2 heterocycles. The summed E-state index contributed by atoms with van der Waals surface area (Å²) in [7, 11) is 1.54. The fourth-order valence-corrected chi connectivity index (χ4v) is 4.48. The number of hydrogen-bond acceptors (Lipinski definition) is 7. The summed E-state index contributed by atoms with van der Waals surface area (Å²) in [6, 6.07) is 14.9. The number of aliphatic hydroxyl groups excluding tert-OH is 1. The number of benzene rings is 2. The van der Waals surface area contributed by atoms with E-state index in [-0.39, 0.29) is 17.9 Å². The number of Topliss-reactive ketones (excluding diaryl/α,β-unsaturated/α-hetero) is 1. The Labute approximate surface area is 228 Å². The third-order valence-electron chi connectivity index (χ3n) is 6.48. The Balaban J connectivity index is 1.81. The van der Waals surface area contributed by atoms with Crippen LogP contribution < -0.4 is 14.2 Å². The van der Waals surface area contributed by atoms with Crippen LogP contribution in [0.25, 0.3) is 5.76 Å². The quantitative estimate of drug-likeness (QED) is 0.139. The first-order valence-corrected chi connectivity index (χ1v) is 13.2. The number of ketones is 1. The number of pyridine rings is 1. The van der Waals surface area contributed by atoms with Gasteiger partial charge in [-0.05, 0) is 60.4 Å². The number of hydrogen-bond donors (Lipinski definition) is 1. The van der Waals surface area contributed by atoms with E-state index in [0.29, 0.717) is 41.6 Å². The molecule has 0 aliphatic carbocycles. The number of unbranched alkanes of at least 4 members (excludes halogenated alkanes) is 1. The lowest BCUT2D eigenvalue weighted by Crippen LogP contribution is -2.29. The molecule has 0 radical (unpaired) electrons. The summed E-state index contributed by atoms with van der Waals surface area (Å²) in [6.07, 6.45) is 5.99. The molecule has 1 aromatic heterocycles.